The quantitative estimate of drug-likeness (QED) is 0.735. The topological polar surface area (TPSA) is 12.0 Å². The Morgan fingerprint density at radius 3 is 2.32 bits per heavy atom. The molecular weight excluding hydrogens is 301 g/mol. The van der Waals surface area contributed by atoms with Crippen LogP contribution in [0.25, 0.3) is 0 Å². The van der Waals surface area contributed by atoms with Crippen molar-refractivity contribution in [3.63, 3.8) is 0 Å². The van der Waals surface area contributed by atoms with E-state index >= 15 is 0 Å². The minimum atomic E-state index is 0.0995. The van der Waals surface area contributed by atoms with Crippen LogP contribution in [0.2, 0.25) is 15.1 Å². The molecule has 2 rings (SSSR count). The molecule has 1 atom stereocenters. The summed E-state index contributed by atoms with van der Waals surface area (Å²) < 4.78 is 0. The lowest BCUT2D eigenvalue weighted by molar-refractivity contribution is 0.575. The van der Waals surface area contributed by atoms with E-state index in [1.807, 2.05) is 31.2 Å². The van der Waals surface area contributed by atoms with Gasteiger partial charge >= 0.3 is 0 Å². The minimum Gasteiger partial charge on any atom is -0.306 e. The maximum absolute atomic E-state index is 6.22. The predicted molar refractivity (Wildman–Crippen MR) is 83.2 cm³/mol. The van der Waals surface area contributed by atoms with Gasteiger partial charge < -0.3 is 5.32 Å². The molecule has 2 aromatic rings. The summed E-state index contributed by atoms with van der Waals surface area (Å²) in [6.45, 7) is 2.83. The first-order chi connectivity index (χ1) is 9.09. The monoisotopic (exact) mass is 313 g/mol. The number of rotatable bonds is 4. The Morgan fingerprint density at radius 1 is 0.947 bits per heavy atom. The molecule has 0 heterocycles. The fourth-order valence-electron chi connectivity index (χ4n) is 1.85. The summed E-state index contributed by atoms with van der Waals surface area (Å²) in [7, 11) is 0. The van der Waals surface area contributed by atoms with Gasteiger partial charge in [0.25, 0.3) is 0 Å². The molecule has 0 aromatic heterocycles. The van der Waals surface area contributed by atoms with Crippen LogP contribution in [0.15, 0.2) is 42.5 Å². The maximum atomic E-state index is 6.22. The van der Waals surface area contributed by atoms with E-state index in [9.17, 15) is 0 Å². The Kier molecular flexibility index (Phi) is 5.12. The Labute approximate surface area is 128 Å². The second kappa shape index (κ2) is 6.62. The van der Waals surface area contributed by atoms with Gasteiger partial charge in [0.2, 0.25) is 0 Å². The van der Waals surface area contributed by atoms with Crippen molar-refractivity contribution >= 4 is 34.8 Å². The Bertz CT molecular complexity index is 555. The van der Waals surface area contributed by atoms with Crippen LogP contribution in [-0.2, 0) is 6.54 Å². The van der Waals surface area contributed by atoms with E-state index in [1.165, 1.54) is 5.56 Å². The van der Waals surface area contributed by atoms with Crippen molar-refractivity contribution in [3.8, 4) is 0 Å². The van der Waals surface area contributed by atoms with Crippen LogP contribution in [0, 0.1) is 0 Å². The summed E-state index contributed by atoms with van der Waals surface area (Å²) in [6.07, 6.45) is 0. The molecule has 0 aliphatic rings. The Hall–Kier alpha value is -0.730. The van der Waals surface area contributed by atoms with Gasteiger partial charge in [0, 0.05) is 12.6 Å². The normalized spacial score (nSPS) is 12.4. The third-order valence-corrected chi connectivity index (χ3v) is 4.29. The molecule has 1 unspecified atom stereocenters. The van der Waals surface area contributed by atoms with Gasteiger partial charge in [-0.05, 0) is 24.1 Å². The molecule has 100 valence electrons. The van der Waals surface area contributed by atoms with Crippen LogP contribution in [0.1, 0.15) is 24.1 Å². The lowest BCUT2D eigenvalue weighted by Crippen LogP contribution is -2.18. The molecule has 2 aromatic carbocycles. The second-order valence-corrected chi connectivity index (χ2v) is 5.52. The third kappa shape index (κ3) is 3.64. The zero-order valence-corrected chi connectivity index (χ0v) is 12.7. The lowest BCUT2D eigenvalue weighted by Gasteiger charge is -2.17. The summed E-state index contributed by atoms with van der Waals surface area (Å²) in [5.41, 5.74) is 2.18. The number of nitrogens with one attached hydrogen (secondary N) is 1. The van der Waals surface area contributed by atoms with Crippen LogP contribution in [0.3, 0.4) is 0 Å². The van der Waals surface area contributed by atoms with Gasteiger partial charge in [0.15, 0.2) is 0 Å². The molecule has 0 amide bonds. The van der Waals surface area contributed by atoms with Crippen LogP contribution in [-0.4, -0.2) is 0 Å². The molecule has 0 bridgehead atoms. The molecule has 0 saturated heterocycles. The van der Waals surface area contributed by atoms with E-state index in [1.54, 1.807) is 6.07 Å². The Balaban J connectivity index is 2.08. The van der Waals surface area contributed by atoms with E-state index in [2.05, 4.69) is 17.4 Å². The van der Waals surface area contributed by atoms with Gasteiger partial charge in [0.1, 0.15) is 0 Å². The lowest BCUT2D eigenvalue weighted by atomic mass is 10.1. The molecule has 0 fully saturated rings. The first-order valence-corrected chi connectivity index (χ1v) is 7.13. The molecule has 1 nitrogen and oxygen atoms in total. The average molecular weight is 315 g/mol. The number of hydrogen-bond acceptors (Lipinski definition) is 1. The highest BCUT2D eigenvalue weighted by Crippen LogP contribution is 2.35. The van der Waals surface area contributed by atoms with Gasteiger partial charge in [0.05, 0.1) is 15.1 Å². The summed E-state index contributed by atoms with van der Waals surface area (Å²) in [5.74, 6) is 0. The molecule has 4 heteroatoms. The van der Waals surface area contributed by atoms with E-state index in [0.717, 1.165) is 12.1 Å². The van der Waals surface area contributed by atoms with E-state index in [0.29, 0.717) is 15.1 Å². The maximum Gasteiger partial charge on any atom is 0.0781 e. The van der Waals surface area contributed by atoms with Crippen LogP contribution in [0.4, 0.5) is 0 Å². The highest BCUT2D eigenvalue weighted by Gasteiger charge is 2.13. The summed E-state index contributed by atoms with van der Waals surface area (Å²) in [6, 6.07) is 14.0. The highest BCUT2D eigenvalue weighted by molar-refractivity contribution is 6.48. The zero-order chi connectivity index (χ0) is 13.8. The first kappa shape index (κ1) is 14.7. The summed E-state index contributed by atoms with van der Waals surface area (Å²) in [5, 5.41) is 4.82. The molecular formula is C15H14Cl3N. The van der Waals surface area contributed by atoms with Crippen molar-refractivity contribution in [2.45, 2.75) is 19.5 Å². The third-order valence-electron chi connectivity index (χ3n) is 2.99. The molecule has 0 aliphatic carbocycles. The smallest absolute Gasteiger partial charge is 0.0781 e. The van der Waals surface area contributed by atoms with Gasteiger partial charge in [-0.25, -0.2) is 0 Å². The fraction of sp³-hybridized carbons (Fsp3) is 0.200. The largest absolute Gasteiger partial charge is 0.306 e. The van der Waals surface area contributed by atoms with Crippen molar-refractivity contribution in [3.05, 3.63) is 68.7 Å². The molecule has 0 aliphatic heterocycles. The van der Waals surface area contributed by atoms with Crippen LogP contribution in [0.5, 0.6) is 0 Å². The molecule has 0 spiro atoms. The van der Waals surface area contributed by atoms with E-state index in [-0.39, 0.29) is 6.04 Å². The molecule has 19 heavy (non-hydrogen) atoms. The predicted octanol–water partition coefficient (Wildman–Crippen LogP) is 5.50. The van der Waals surface area contributed by atoms with E-state index in [4.69, 9.17) is 34.8 Å². The van der Waals surface area contributed by atoms with Gasteiger partial charge in [-0.1, -0.05) is 71.2 Å². The fourth-order valence-corrected chi connectivity index (χ4v) is 2.56. The first-order valence-electron chi connectivity index (χ1n) is 6.00. The number of benzene rings is 2. The van der Waals surface area contributed by atoms with Crippen molar-refractivity contribution in [1.82, 2.24) is 5.32 Å². The van der Waals surface area contributed by atoms with Gasteiger partial charge in [-0.3, -0.25) is 0 Å². The second-order valence-electron chi connectivity index (χ2n) is 4.35. The summed E-state index contributed by atoms with van der Waals surface area (Å²) >= 11 is 18.2. The van der Waals surface area contributed by atoms with Crippen molar-refractivity contribution in [2.24, 2.45) is 0 Å². The standard InChI is InChI=1S/C15H14Cl3N/c1-10(19-9-11-5-3-2-4-6-11)12-7-8-13(16)15(18)14(12)17/h2-8,10,19H,9H2,1H3. The van der Waals surface area contributed by atoms with Gasteiger partial charge in [-0.15, -0.1) is 0 Å². The molecule has 0 saturated carbocycles. The Morgan fingerprint density at radius 2 is 1.63 bits per heavy atom. The van der Waals surface area contributed by atoms with Gasteiger partial charge in [-0.2, -0.15) is 0 Å². The van der Waals surface area contributed by atoms with Crippen molar-refractivity contribution < 1.29 is 0 Å². The van der Waals surface area contributed by atoms with E-state index < -0.39 is 0 Å². The molecule has 1 N–H and O–H groups in total. The minimum absolute atomic E-state index is 0.0995. The van der Waals surface area contributed by atoms with Crippen molar-refractivity contribution in [1.29, 1.82) is 0 Å². The molecule has 0 radical (unpaired) electrons. The zero-order valence-electron chi connectivity index (χ0n) is 10.5. The average Bonchev–Trinajstić information content (AvgIpc) is 2.43. The van der Waals surface area contributed by atoms with Crippen LogP contribution < -0.4 is 5.32 Å². The SMILES string of the molecule is CC(NCc1ccccc1)c1ccc(Cl)c(Cl)c1Cl. The highest BCUT2D eigenvalue weighted by atomic mass is 35.5. The van der Waals surface area contributed by atoms with Crippen LogP contribution >= 0.6 is 34.8 Å². The number of halogens is 3. The number of hydrogen-bond donors (Lipinski definition) is 1. The summed E-state index contributed by atoms with van der Waals surface area (Å²) in [4.78, 5) is 0. The van der Waals surface area contributed by atoms with Crippen molar-refractivity contribution in [2.75, 3.05) is 0 Å².